The summed E-state index contributed by atoms with van der Waals surface area (Å²) in [6.07, 6.45) is 1.07. The molecule has 8 heteroatoms. The van der Waals surface area contributed by atoms with Crippen molar-refractivity contribution in [3.05, 3.63) is 46.3 Å². The van der Waals surface area contributed by atoms with E-state index < -0.39 is 10.6 Å². The summed E-state index contributed by atoms with van der Waals surface area (Å²) in [6, 6.07) is 7.99. The Bertz CT molecular complexity index is 663. The van der Waals surface area contributed by atoms with Crippen LogP contribution in [0.1, 0.15) is 5.56 Å². The lowest BCUT2D eigenvalue weighted by Gasteiger charge is -2.05. The van der Waals surface area contributed by atoms with Gasteiger partial charge in [0.05, 0.1) is 16.6 Å². The lowest BCUT2D eigenvalue weighted by atomic mass is 10.2. The van der Waals surface area contributed by atoms with Gasteiger partial charge in [-0.2, -0.15) is 10.2 Å². The first-order chi connectivity index (χ1) is 9.11. The van der Waals surface area contributed by atoms with Crippen LogP contribution in [0.4, 0.5) is 11.5 Å². The first-order valence-corrected chi connectivity index (χ1v) is 5.04. The van der Waals surface area contributed by atoms with Crippen molar-refractivity contribution in [2.24, 2.45) is 0 Å². The minimum absolute atomic E-state index is 0.248. The largest absolute Gasteiger partial charge is 0.434 e. The van der Waals surface area contributed by atoms with Gasteiger partial charge in [0.15, 0.2) is 0 Å². The molecule has 1 heterocycles. The summed E-state index contributed by atoms with van der Waals surface area (Å²) in [5.74, 6) is -0.217. The van der Waals surface area contributed by atoms with Crippen LogP contribution in [-0.2, 0) is 0 Å². The van der Waals surface area contributed by atoms with Crippen LogP contribution in [0.2, 0.25) is 0 Å². The third kappa shape index (κ3) is 2.55. The monoisotopic (exact) mass is 257 g/mol. The van der Waals surface area contributed by atoms with Gasteiger partial charge in [-0.05, 0) is 24.3 Å². The molecule has 8 nitrogen and oxygen atoms in total. The normalized spacial score (nSPS) is 9.63. The lowest BCUT2D eigenvalue weighted by molar-refractivity contribution is -0.385. The van der Waals surface area contributed by atoms with Crippen molar-refractivity contribution >= 4 is 11.5 Å². The summed E-state index contributed by atoms with van der Waals surface area (Å²) in [6.45, 7) is 0. The zero-order valence-corrected chi connectivity index (χ0v) is 9.48. The van der Waals surface area contributed by atoms with Gasteiger partial charge in [0, 0.05) is 0 Å². The zero-order valence-electron chi connectivity index (χ0n) is 9.48. The molecule has 2 rings (SSSR count). The van der Waals surface area contributed by atoms with Gasteiger partial charge in [0.25, 0.3) is 0 Å². The molecule has 94 valence electrons. The Balaban J connectivity index is 2.35. The highest BCUT2D eigenvalue weighted by molar-refractivity contribution is 5.58. The number of benzene rings is 1. The van der Waals surface area contributed by atoms with E-state index in [1.54, 1.807) is 0 Å². The van der Waals surface area contributed by atoms with Crippen molar-refractivity contribution in [1.82, 2.24) is 9.97 Å². The van der Waals surface area contributed by atoms with E-state index >= 15 is 0 Å². The molecule has 0 aliphatic rings. The average molecular weight is 257 g/mol. The SMILES string of the molecule is N#Cc1ccc(Oc2ncnc(N)c2[N+](=O)[O-])cc1. The van der Waals surface area contributed by atoms with Crippen LogP contribution in [0.15, 0.2) is 30.6 Å². The summed E-state index contributed by atoms with van der Waals surface area (Å²) < 4.78 is 5.27. The first kappa shape index (κ1) is 12.3. The Hall–Kier alpha value is -3.21. The molecule has 0 saturated carbocycles. The van der Waals surface area contributed by atoms with E-state index in [0.29, 0.717) is 11.3 Å². The highest BCUT2D eigenvalue weighted by Gasteiger charge is 2.22. The molecule has 1 aromatic heterocycles. The predicted octanol–water partition coefficient (Wildman–Crippen LogP) is 1.63. The maximum Gasteiger partial charge on any atom is 0.372 e. The summed E-state index contributed by atoms with van der Waals surface area (Å²) in [4.78, 5) is 17.4. The van der Waals surface area contributed by atoms with Gasteiger partial charge in [-0.15, -0.1) is 0 Å². The van der Waals surface area contributed by atoms with Crippen molar-refractivity contribution in [2.75, 3.05) is 5.73 Å². The molecule has 0 atom stereocenters. The number of hydrogen-bond acceptors (Lipinski definition) is 7. The number of nitrogens with zero attached hydrogens (tertiary/aromatic N) is 4. The molecular formula is C11H7N5O3. The highest BCUT2D eigenvalue weighted by Crippen LogP contribution is 2.32. The van der Waals surface area contributed by atoms with E-state index in [9.17, 15) is 10.1 Å². The fourth-order valence-electron chi connectivity index (χ4n) is 1.33. The smallest absolute Gasteiger partial charge is 0.372 e. The maximum atomic E-state index is 10.9. The fourth-order valence-corrected chi connectivity index (χ4v) is 1.33. The van der Waals surface area contributed by atoms with Gasteiger partial charge >= 0.3 is 11.6 Å². The molecule has 0 radical (unpaired) electrons. The summed E-state index contributed by atoms with van der Waals surface area (Å²) in [7, 11) is 0. The summed E-state index contributed by atoms with van der Waals surface area (Å²) in [5.41, 5.74) is 5.36. The molecular weight excluding hydrogens is 250 g/mol. The second-order valence-electron chi connectivity index (χ2n) is 3.41. The predicted molar refractivity (Wildman–Crippen MR) is 64.3 cm³/mol. The summed E-state index contributed by atoms with van der Waals surface area (Å²) >= 11 is 0. The Kier molecular flexibility index (Phi) is 3.20. The molecule has 1 aromatic carbocycles. The van der Waals surface area contributed by atoms with Crippen LogP contribution in [-0.4, -0.2) is 14.9 Å². The van der Waals surface area contributed by atoms with E-state index in [1.807, 2.05) is 6.07 Å². The molecule has 0 aliphatic heterocycles. The Labute approximate surface area is 107 Å². The molecule has 2 aromatic rings. The van der Waals surface area contributed by atoms with Gasteiger partial charge in [-0.1, -0.05) is 0 Å². The number of nitrogens with two attached hydrogens (primary N) is 1. The highest BCUT2D eigenvalue weighted by atomic mass is 16.6. The average Bonchev–Trinajstić information content (AvgIpc) is 2.39. The van der Waals surface area contributed by atoms with Gasteiger partial charge < -0.3 is 10.5 Å². The minimum atomic E-state index is -0.714. The van der Waals surface area contributed by atoms with Gasteiger partial charge in [0.1, 0.15) is 12.1 Å². The van der Waals surface area contributed by atoms with Crippen LogP contribution < -0.4 is 10.5 Å². The number of rotatable bonds is 3. The van der Waals surface area contributed by atoms with Gasteiger partial charge in [0.2, 0.25) is 5.82 Å². The number of nitriles is 1. The molecule has 0 unspecified atom stereocenters. The number of aromatic nitrogens is 2. The molecule has 0 fully saturated rings. The summed E-state index contributed by atoms with van der Waals surface area (Å²) in [5, 5.41) is 19.5. The number of anilines is 1. The van der Waals surface area contributed by atoms with Gasteiger partial charge in [-0.3, -0.25) is 10.1 Å². The molecule has 19 heavy (non-hydrogen) atoms. The van der Waals surface area contributed by atoms with Crippen molar-refractivity contribution in [1.29, 1.82) is 5.26 Å². The Morgan fingerprint density at radius 3 is 2.58 bits per heavy atom. The molecule has 0 spiro atoms. The van der Waals surface area contributed by atoms with Gasteiger partial charge in [-0.25, -0.2) is 4.98 Å². The zero-order chi connectivity index (χ0) is 13.8. The Morgan fingerprint density at radius 1 is 1.32 bits per heavy atom. The van der Waals surface area contributed by atoms with Crippen LogP contribution in [0, 0.1) is 21.4 Å². The maximum absolute atomic E-state index is 10.9. The molecule has 0 aliphatic carbocycles. The van der Waals surface area contributed by atoms with Crippen LogP contribution in [0.3, 0.4) is 0 Å². The van der Waals surface area contributed by atoms with Crippen LogP contribution in [0.25, 0.3) is 0 Å². The van der Waals surface area contributed by atoms with Crippen molar-refractivity contribution in [3.8, 4) is 17.7 Å². The van der Waals surface area contributed by atoms with Crippen LogP contribution in [0.5, 0.6) is 11.6 Å². The van der Waals surface area contributed by atoms with E-state index in [4.69, 9.17) is 15.7 Å². The third-order valence-corrected chi connectivity index (χ3v) is 2.20. The third-order valence-electron chi connectivity index (χ3n) is 2.20. The molecule has 2 N–H and O–H groups in total. The molecule has 0 amide bonds. The number of ether oxygens (including phenoxy) is 1. The standard InChI is InChI=1S/C11H7N5O3/c12-5-7-1-3-8(4-2-7)19-11-9(16(17)18)10(13)14-6-15-11/h1-4,6H,(H2,13,14,15). The van der Waals surface area contributed by atoms with Crippen molar-refractivity contribution in [2.45, 2.75) is 0 Å². The van der Waals surface area contributed by atoms with Crippen molar-refractivity contribution < 1.29 is 9.66 Å². The lowest BCUT2D eigenvalue weighted by Crippen LogP contribution is -2.02. The number of nitrogen functional groups attached to an aromatic ring is 1. The molecule has 0 saturated heterocycles. The minimum Gasteiger partial charge on any atom is -0.434 e. The quantitative estimate of drug-likeness (QED) is 0.653. The topological polar surface area (TPSA) is 128 Å². The number of hydrogen-bond donors (Lipinski definition) is 1. The molecule has 0 bridgehead atoms. The van der Waals surface area contributed by atoms with E-state index in [0.717, 1.165) is 6.33 Å². The second kappa shape index (κ2) is 4.97. The number of nitro groups is 1. The van der Waals surface area contributed by atoms with E-state index in [1.165, 1.54) is 24.3 Å². The Morgan fingerprint density at radius 2 is 2.00 bits per heavy atom. The van der Waals surface area contributed by atoms with E-state index in [2.05, 4.69) is 9.97 Å². The second-order valence-corrected chi connectivity index (χ2v) is 3.41. The fraction of sp³-hybridized carbons (Fsp3) is 0. The van der Waals surface area contributed by atoms with Crippen molar-refractivity contribution in [3.63, 3.8) is 0 Å². The van der Waals surface area contributed by atoms with E-state index in [-0.39, 0.29) is 11.7 Å². The van der Waals surface area contributed by atoms with Crippen LogP contribution >= 0.6 is 0 Å². The first-order valence-electron chi connectivity index (χ1n) is 5.04.